The average molecular weight is 254 g/mol. The Morgan fingerprint density at radius 3 is 2.58 bits per heavy atom. The Labute approximate surface area is 113 Å². The summed E-state index contributed by atoms with van der Waals surface area (Å²) in [7, 11) is 1.98. The van der Waals surface area contributed by atoms with Crippen molar-refractivity contribution in [2.75, 3.05) is 11.9 Å². The highest BCUT2D eigenvalue weighted by Crippen LogP contribution is 2.14. The lowest BCUT2D eigenvalue weighted by Gasteiger charge is -2.18. The molecule has 0 unspecified atom stereocenters. The third-order valence-corrected chi connectivity index (χ3v) is 2.99. The monoisotopic (exact) mass is 254 g/mol. The Morgan fingerprint density at radius 1 is 1.26 bits per heavy atom. The van der Waals surface area contributed by atoms with Gasteiger partial charge in [-0.3, -0.25) is 5.41 Å². The molecule has 19 heavy (non-hydrogen) atoms. The first-order valence-electron chi connectivity index (χ1n) is 6.13. The minimum Gasteiger partial charge on any atom is -0.384 e. The molecular formula is C15H18N4. The van der Waals surface area contributed by atoms with Crippen LogP contribution >= 0.6 is 0 Å². The molecule has 0 fully saturated rings. The van der Waals surface area contributed by atoms with Crippen molar-refractivity contribution in [3.8, 4) is 0 Å². The van der Waals surface area contributed by atoms with Crippen molar-refractivity contribution in [3.63, 3.8) is 0 Å². The molecule has 0 saturated carbocycles. The molecule has 2 rings (SSSR count). The molecule has 0 spiro atoms. The average Bonchev–Trinajstić information content (AvgIpc) is 2.41. The van der Waals surface area contributed by atoms with E-state index in [-0.39, 0.29) is 5.84 Å². The molecule has 0 bridgehead atoms. The van der Waals surface area contributed by atoms with E-state index in [1.807, 2.05) is 18.0 Å². The Kier molecular flexibility index (Phi) is 3.80. The van der Waals surface area contributed by atoms with Crippen LogP contribution in [0.5, 0.6) is 0 Å². The van der Waals surface area contributed by atoms with Crippen LogP contribution in [-0.4, -0.2) is 17.9 Å². The Bertz CT molecular complexity index is 575. The van der Waals surface area contributed by atoms with Crippen LogP contribution in [0.15, 0.2) is 42.6 Å². The van der Waals surface area contributed by atoms with Crippen molar-refractivity contribution in [2.45, 2.75) is 13.5 Å². The Hall–Kier alpha value is -2.36. The van der Waals surface area contributed by atoms with Crippen LogP contribution in [0.4, 0.5) is 5.82 Å². The number of aromatic nitrogens is 1. The van der Waals surface area contributed by atoms with Crippen molar-refractivity contribution < 1.29 is 0 Å². The summed E-state index contributed by atoms with van der Waals surface area (Å²) in [6.07, 6.45) is 1.68. The first-order valence-corrected chi connectivity index (χ1v) is 6.13. The van der Waals surface area contributed by atoms with Gasteiger partial charge in [-0.25, -0.2) is 4.98 Å². The number of hydrogen-bond acceptors (Lipinski definition) is 3. The fourth-order valence-electron chi connectivity index (χ4n) is 1.84. The summed E-state index contributed by atoms with van der Waals surface area (Å²) < 4.78 is 0. The highest BCUT2D eigenvalue weighted by atomic mass is 15.2. The maximum atomic E-state index is 7.45. The van der Waals surface area contributed by atoms with Gasteiger partial charge in [0.05, 0.1) is 0 Å². The van der Waals surface area contributed by atoms with E-state index in [1.165, 1.54) is 11.1 Å². The maximum absolute atomic E-state index is 7.45. The van der Waals surface area contributed by atoms with Gasteiger partial charge < -0.3 is 10.6 Å². The van der Waals surface area contributed by atoms with Gasteiger partial charge in [-0.2, -0.15) is 0 Å². The van der Waals surface area contributed by atoms with Crippen LogP contribution in [0.25, 0.3) is 0 Å². The van der Waals surface area contributed by atoms with Crippen LogP contribution in [0, 0.1) is 12.3 Å². The second-order valence-corrected chi connectivity index (χ2v) is 4.66. The van der Waals surface area contributed by atoms with Crippen molar-refractivity contribution in [2.24, 2.45) is 5.73 Å². The maximum Gasteiger partial charge on any atom is 0.129 e. The van der Waals surface area contributed by atoms with E-state index in [4.69, 9.17) is 11.1 Å². The number of nitrogens with one attached hydrogen (secondary N) is 1. The number of aryl methyl sites for hydroxylation is 1. The summed E-state index contributed by atoms with van der Waals surface area (Å²) in [6.45, 7) is 2.85. The molecule has 4 heteroatoms. The normalized spacial score (nSPS) is 10.2. The molecule has 98 valence electrons. The van der Waals surface area contributed by atoms with E-state index in [0.717, 1.165) is 12.4 Å². The van der Waals surface area contributed by atoms with Gasteiger partial charge in [0, 0.05) is 25.4 Å². The third-order valence-electron chi connectivity index (χ3n) is 2.99. The standard InChI is InChI=1S/C15H18N4/c1-11-3-5-12(6-4-11)10-19(2)14-9-13(15(16)17)7-8-18-14/h3-9H,10H2,1-2H3,(H3,16,17). The molecule has 2 aromatic rings. The molecule has 4 nitrogen and oxygen atoms in total. The molecule has 1 aromatic heterocycles. The molecule has 0 aliphatic carbocycles. The van der Waals surface area contributed by atoms with Gasteiger partial charge in [-0.15, -0.1) is 0 Å². The molecule has 1 aromatic carbocycles. The molecule has 0 saturated heterocycles. The smallest absolute Gasteiger partial charge is 0.129 e. The first-order chi connectivity index (χ1) is 9.06. The number of anilines is 1. The predicted octanol–water partition coefficient (Wildman–Crippen LogP) is 2.31. The summed E-state index contributed by atoms with van der Waals surface area (Å²) in [5.41, 5.74) is 8.66. The summed E-state index contributed by atoms with van der Waals surface area (Å²) >= 11 is 0. The van der Waals surface area contributed by atoms with Crippen molar-refractivity contribution in [3.05, 3.63) is 59.3 Å². The van der Waals surface area contributed by atoms with Crippen LogP contribution < -0.4 is 10.6 Å². The second-order valence-electron chi connectivity index (χ2n) is 4.66. The number of nitrogens with two attached hydrogens (primary N) is 1. The largest absolute Gasteiger partial charge is 0.384 e. The number of pyridine rings is 1. The fraction of sp³-hybridized carbons (Fsp3) is 0.200. The Morgan fingerprint density at radius 2 is 1.95 bits per heavy atom. The van der Waals surface area contributed by atoms with Crippen LogP contribution in [0.3, 0.4) is 0 Å². The molecule has 1 heterocycles. The number of rotatable bonds is 4. The lowest BCUT2D eigenvalue weighted by atomic mass is 10.1. The van der Waals surface area contributed by atoms with Gasteiger partial charge in [0.1, 0.15) is 11.7 Å². The summed E-state index contributed by atoms with van der Waals surface area (Å²) in [5, 5.41) is 7.45. The van der Waals surface area contributed by atoms with Crippen LogP contribution in [0.1, 0.15) is 16.7 Å². The zero-order chi connectivity index (χ0) is 13.8. The van der Waals surface area contributed by atoms with Gasteiger partial charge >= 0.3 is 0 Å². The topological polar surface area (TPSA) is 66.0 Å². The van der Waals surface area contributed by atoms with Gasteiger partial charge in [-0.05, 0) is 24.6 Å². The summed E-state index contributed by atoms with van der Waals surface area (Å²) in [5.74, 6) is 0.876. The number of nitrogens with zero attached hydrogens (tertiary/aromatic N) is 2. The number of amidine groups is 1. The minimum atomic E-state index is 0.0624. The molecular weight excluding hydrogens is 236 g/mol. The van der Waals surface area contributed by atoms with Crippen molar-refractivity contribution >= 4 is 11.7 Å². The molecule has 0 amide bonds. The lowest BCUT2D eigenvalue weighted by Crippen LogP contribution is -2.19. The summed E-state index contributed by atoms with van der Waals surface area (Å²) in [4.78, 5) is 6.35. The quantitative estimate of drug-likeness (QED) is 0.650. The molecule has 0 aliphatic heterocycles. The van der Waals surface area contributed by atoms with E-state index in [1.54, 1.807) is 12.3 Å². The SMILES string of the molecule is Cc1ccc(CN(C)c2cc(C(=N)N)ccn2)cc1. The molecule has 0 atom stereocenters. The fourth-order valence-corrected chi connectivity index (χ4v) is 1.84. The first kappa shape index (κ1) is 13.1. The van der Waals surface area contributed by atoms with Gasteiger partial charge in [0.25, 0.3) is 0 Å². The minimum absolute atomic E-state index is 0.0624. The molecule has 0 aliphatic rings. The van der Waals surface area contributed by atoms with E-state index < -0.39 is 0 Å². The molecule has 3 N–H and O–H groups in total. The van der Waals surface area contributed by atoms with Gasteiger partial charge in [-0.1, -0.05) is 29.8 Å². The number of benzene rings is 1. The number of nitrogen functional groups attached to an aromatic ring is 1. The summed E-state index contributed by atoms with van der Waals surface area (Å²) in [6, 6.07) is 12.0. The van der Waals surface area contributed by atoms with Gasteiger partial charge in [0.15, 0.2) is 0 Å². The van der Waals surface area contributed by atoms with E-state index in [0.29, 0.717) is 5.56 Å². The van der Waals surface area contributed by atoms with Crippen molar-refractivity contribution in [1.82, 2.24) is 4.98 Å². The Balaban J connectivity index is 2.15. The van der Waals surface area contributed by atoms with E-state index >= 15 is 0 Å². The second kappa shape index (κ2) is 5.52. The van der Waals surface area contributed by atoms with Crippen LogP contribution in [0.2, 0.25) is 0 Å². The van der Waals surface area contributed by atoms with E-state index in [9.17, 15) is 0 Å². The van der Waals surface area contributed by atoms with E-state index in [2.05, 4.69) is 36.2 Å². The zero-order valence-electron chi connectivity index (χ0n) is 11.2. The highest BCUT2D eigenvalue weighted by molar-refractivity contribution is 5.95. The highest BCUT2D eigenvalue weighted by Gasteiger charge is 2.05. The zero-order valence-corrected chi connectivity index (χ0v) is 11.2. The number of hydrogen-bond donors (Lipinski definition) is 2. The van der Waals surface area contributed by atoms with Gasteiger partial charge in [0.2, 0.25) is 0 Å². The lowest BCUT2D eigenvalue weighted by molar-refractivity contribution is 0.897. The molecule has 0 radical (unpaired) electrons. The third kappa shape index (κ3) is 3.31. The predicted molar refractivity (Wildman–Crippen MR) is 78.5 cm³/mol. The van der Waals surface area contributed by atoms with Crippen LogP contribution in [-0.2, 0) is 6.54 Å². The van der Waals surface area contributed by atoms with Crippen molar-refractivity contribution in [1.29, 1.82) is 5.41 Å².